The van der Waals surface area contributed by atoms with Crippen molar-refractivity contribution in [1.82, 2.24) is 9.55 Å². The summed E-state index contributed by atoms with van der Waals surface area (Å²) >= 11 is 0. The van der Waals surface area contributed by atoms with Gasteiger partial charge in [0.25, 0.3) is 5.91 Å². The third kappa shape index (κ3) is 6.29. The molecule has 2 aromatic carbocycles. The van der Waals surface area contributed by atoms with Crippen LogP contribution >= 0.6 is 12.4 Å². The summed E-state index contributed by atoms with van der Waals surface area (Å²) in [7, 11) is -3.18. The predicted molar refractivity (Wildman–Crippen MR) is 121 cm³/mol. The van der Waals surface area contributed by atoms with Crippen molar-refractivity contribution in [2.24, 2.45) is 18.5 Å². The first-order chi connectivity index (χ1) is 15.1. The molecular formula is C21H24ClFN4O5S. The summed E-state index contributed by atoms with van der Waals surface area (Å²) in [6, 6.07) is 13.4. The molecule has 178 valence electrons. The van der Waals surface area contributed by atoms with Crippen LogP contribution in [0, 0.1) is 5.82 Å². The SMILES string of the molecule is Cl.Cn1cc(S(=O)(=O)O)nc1C(Oc1ccc(F)c(C(CN)Cc2ccccc2)c1)C(N)=O. The molecule has 5 N–H and O–H groups in total. The molecule has 0 radical (unpaired) electrons. The zero-order valence-corrected chi connectivity index (χ0v) is 19.2. The van der Waals surface area contributed by atoms with Gasteiger partial charge in [-0.1, -0.05) is 30.3 Å². The Morgan fingerprint density at radius 3 is 2.45 bits per heavy atom. The number of ether oxygens (including phenoxy) is 1. The minimum Gasteiger partial charge on any atom is -0.473 e. The zero-order chi connectivity index (χ0) is 23.5. The molecule has 0 aliphatic heterocycles. The van der Waals surface area contributed by atoms with Crippen LogP contribution in [0.4, 0.5) is 4.39 Å². The molecule has 9 nitrogen and oxygen atoms in total. The van der Waals surface area contributed by atoms with Crippen LogP contribution in [0.2, 0.25) is 0 Å². The van der Waals surface area contributed by atoms with E-state index in [0.717, 1.165) is 11.8 Å². The number of hydrogen-bond donors (Lipinski definition) is 3. The van der Waals surface area contributed by atoms with E-state index in [4.69, 9.17) is 16.2 Å². The number of carbonyl (C=O) groups excluding carboxylic acids is 1. The number of aryl methyl sites for hydroxylation is 1. The fraction of sp³-hybridized carbons (Fsp3) is 0.238. The van der Waals surface area contributed by atoms with E-state index < -0.39 is 33.0 Å². The Hall–Kier alpha value is -2.99. The first kappa shape index (κ1) is 26.3. The van der Waals surface area contributed by atoms with Gasteiger partial charge in [-0.05, 0) is 42.3 Å². The lowest BCUT2D eigenvalue weighted by molar-refractivity contribution is -0.125. The average molecular weight is 499 g/mol. The average Bonchev–Trinajstić information content (AvgIpc) is 3.14. The molecule has 0 fully saturated rings. The van der Waals surface area contributed by atoms with Gasteiger partial charge >= 0.3 is 10.1 Å². The third-order valence-electron chi connectivity index (χ3n) is 4.92. The summed E-state index contributed by atoms with van der Waals surface area (Å²) in [5.41, 5.74) is 12.6. The molecule has 2 unspecified atom stereocenters. The Morgan fingerprint density at radius 2 is 1.91 bits per heavy atom. The second kappa shape index (κ2) is 10.8. The number of benzene rings is 2. The van der Waals surface area contributed by atoms with Gasteiger partial charge in [-0.15, -0.1) is 12.4 Å². The summed E-state index contributed by atoms with van der Waals surface area (Å²) < 4.78 is 53.4. The fourth-order valence-electron chi connectivity index (χ4n) is 3.32. The molecule has 0 aliphatic carbocycles. The van der Waals surface area contributed by atoms with Gasteiger partial charge in [0.05, 0.1) is 0 Å². The second-order valence-corrected chi connectivity index (χ2v) is 8.60. The Balaban J connectivity index is 0.00000385. The van der Waals surface area contributed by atoms with Crippen LogP contribution in [-0.2, 0) is 28.4 Å². The minimum absolute atomic E-state index is 0. The van der Waals surface area contributed by atoms with Gasteiger partial charge in [-0.2, -0.15) is 8.42 Å². The monoisotopic (exact) mass is 498 g/mol. The standard InChI is InChI=1S/C21H23FN4O5S.ClH/c1-26-12-18(32(28,29)30)25-21(26)19(20(24)27)31-15-7-8-17(22)16(10-15)14(11-23)9-13-5-3-2-4-6-13;/h2-8,10,12,14,19H,9,11,23H2,1H3,(H2,24,27)(H,28,29,30);1H. The predicted octanol–water partition coefficient (Wildman–Crippen LogP) is 2.12. The molecule has 2 atom stereocenters. The quantitative estimate of drug-likeness (QED) is 0.382. The van der Waals surface area contributed by atoms with Crippen molar-refractivity contribution in [3.8, 4) is 5.75 Å². The van der Waals surface area contributed by atoms with Gasteiger partial charge in [-0.25, -0.2) is 9.37 Å². The highest BCUT2D eigenvalue weighted by Crippen LogP contribution is 2.29. The van der Waals surface area contributed by atoms with Gasteiger partial charge in [0.1, 0.15) is 11.6 Å². The number of halogens is 2. The van der Waals surface area contributed by atoms with Crippen LogP contribution < -0.4 is 16.2 Å². The molecule has 0 spiro atoms. The molecule has 1 amide bonds. The number of nitrogens with two attached hydrogens (primary N) is 2. The third-order valence-corrected chi connectivity index (χ3v) is 5.64. The first-order valence-electron chi connectivity index (χ1n) is 9.60. The maximum absolute atomic E-state index is 14.6. The summed E-state index contributed by atoms with van der Waals surface area (Å²) in [4.78, 5) is 15.8. The van der Waals surface area contributed by atoms with Crippen molar-refractivity contribution in [3.05, 3.63) is 77.5 Å². The fourth-order valence-corrected chi connectivity index (χ4v) is 3.82. The van der Waals surface area contributed by atoms with Crippen molar-refractivity contribution < 1.29 is 26.9 Å². The number of amides is 1. The maximum atomic E-state index is 14.6. The Morgan fingerprint density at radius 1 is 1.24 bits per heavy atom. The molecule has 3 rings (SSSR count). The smallest absolute Gasteiger partial charge is 0.313 e. The van der Waals surface area contributed by atoms with E-state index in [1.165, 1.54) is 29.8 Å². The summed E-state index contributed by atoms with van der Waals surface area (Å²) in [6.07, 6.45) is 0.0255. The van der Waals surface area contributed by atoms with Gasteiger partial charge < -0.3 is 20.8 Å². The van der Waals surface area contributed by atoms with E-state index in [2.05, 4.69) is 4.98 Å². The Kier molecular flexibility index (Phi) is 8.56. The molecule has 1 heterocycles. The van der Waals surface area contributed by atoms with Gasteiger partial charge in [-0.3, -0.25) is 9.35 Å². The van der Waals surface area contributed by atoms with Gasteiger partial charge in [0.2, 0.25) is 11.1 Å². The number of aromatic nitrogens is 2. The summed E-state index contributed by atoms with van der Waals surface area (Å²) in [6.45, 7) is 0.172. The van der Waals surface area contributed by atoms with Crippen LogP contribution in [0.15, 0.2) is 59.8 Å². The number of hydrogen-bond acceptors (Lipinski definition) is 6. The van der Waals surface area contributed by atoms with Crippen LogP contribution in [0.5, 0.6) is 5.75 Å². The molecular weight excluding hydrogens is 475 g/mol. The number of primary amides is 1. The van der Waals surface area contributed by atoms with Crippen LogP contribution in [0.1, 0.15) is 29.0 Å². The zero-order valence-electron chi connectivity index (χ0n) is 17.6. The van der Waals surface area contributed by atoms with E-state index in [-0.39, 0.29) is 36.4 Å². The number of imidazole rings is 1. The van der Waals surface area contributed by atoms with Crippen LogP contribution in [-0.4, -0.2) is 35.0 Å². The summed E-state index contributed by atoms with van der Waals surface area (Å²) in [5.74, 6) is -1.81. The Bertz CT molecular complexity index is 1220. The van der Waals surface area contributed by atoms with Gasteiger partial charge in [0, 0.05) is 19.2 Å². The largest absolute Gasteiger partial charge is 0.473 e. The summed E-state index contributed by atoms with van der Waals surface area (Å²) in [5, 5.41) is -0.657. The molecule has 0 saturated carbocycles. The lowest BCUT2D eigenvalue weighted by Gasteiger charge is -2.20. The normalized spacial score (nSPS) is 13.1. The molecule has 0 bridgehead atoms. The van der Waals surface area contributed by atoms with Crippen molar-refractivity contribution in [1.29, 1.82) is 0 Å². The lowest BCUT2D eigenvalue weighted by Crippen LogP contribution is -2.28. The highest BCUT2D eigenvalue weighted by Gasteiger charge is 2.28. The first-order valence-corrected chi connectivity index (χ1v) is 11.0. The number of nitrogens with zero attached hydrogens (tertiary/aromatic N) is 2. The van der Waals surface area contributed by atoms with E-state index in [1.54, 1.807) is 0 Å². The van der Waals surface area contributed by atoms with Crippen molar-refractivity contribution in [2.75, 3.05) is 6.54 Å². The lowest BCUT2D eigenvalue weighted by atomic mass is 9.91. The van der Waals surface area contributed by atoms with E-state index >= 15 is 0 Å². The van der Waals surface area contributed by atoms with Gasteiger partial charge in [0.15, 0.2) is 5.82 Å². The molecule has 12 heteroatoms. The van der Waals surface area contributed by atoms with E-state index in [1.807, 2.05) is 30.3 Å². The number of carbonyl (C=O) groups is 1. The molecule has 0 saturated heterocycles. The van der Waals surface area contributed by atoms with Crippen LogP contribution in [0.25, 0.3) is 0 Å². The topological polar surface area (TPSA) is 151 Å². The molecule has 0 aliphatic rings. The maximum Gasteiger partial charge on any atom is 0.313 e. The highest BCUT2D eigenvalue weighted by atomic mass is 35.5. The van der Waals surface area contributed by atoms with E-state index in [0.29, 0.717) is 12.0 Å². The van der Waals surface area contributed by atoms with Crippen molar-refractivity contribution >= 4 is 28.4 Å². The van der Waals surface area contributed by atoms with Crippen molar-refractivity contribution in [3.63, 3.8) is 0 Å². The number of rotatable bonds is 9. The van der Waals surface area contributed by atoms with Crippen molar-refractivity contribution in [2.45, 2.75) is 23.5 Å². The second-order valence-electron chi connectivity index (χ2n) is 7.23. The molecule has 3 aromatic rings. The van der Waals surface area contributed by atoms with Crippen LogP contribution in [0.3, 0.4) is 0 Å². The highest BCUT2D eigenvalue weighted by molar-refractivity contribution is 7.85. The Labute approximate surface area is 196 Å². The van der Waals surface area contributed by atoms with E-state index in [9.17, 15) is 22.2 Å². The minimum atomic E-state index is -4.60. The molecule has 33 heavy (non-hydrogen) atoms. The molecule has 1 aromatic heterocycles.